The van der Waals surface area contributed by atoms with Crippen LogP contribution in [0, 0.1) is 11.6 Å². The molecule has 13 heteroatoms. The van der Waals surface area contributed by atoms with Crippen LogP contribution in [0.25, 0.3) is 11.2 Å². The van der Waals surface area contributed by atoms with Gasteiger partial charge in [0.25, 0.3) is 0 Å². The fraction of sp³-hybridized carbons (Fsp3) is 0.565. The van der Waals surface area contributed by atoms with E-state index in [1.54, 1.807) is 0 Å². The van der Waals surface area contributed by atoms with Gasteiger partial charge in [-0.25, -0.2) is 23.4 Å². The molecule has 2 heterocycles. The first-order valence-electron chi connectivity index (χ1n) is 14.7. The van der Waals surface area contributed by atoms with Gasteiger partial charge in [-0.1, -0.05) is 29.9 Å². The molecule has 0 saturated heterocycles. The Hall–Kier alpha value is -2.45. The summed E-state index contributed by atoms with van der Waals surface area (Å²) in [4.78, 5) is 8.58. The average molecular weight is 530 g/mol. The Balaban J connectivity index is 1.51. The lowest BCUT2D eigenvalue weighted by Gasteiger charge is -2.17. The van der Waals surface area contributed by atoms with Crippen LogP contribution < -0.4 is 5.32 Å². The number of rotatable bonds is 10. The highest BCUT2D eigenvalue weighted by Crippen LogP contribution is 2.44. The normalized spacial score (nSPS) is 31.6. The lowest BCUT2D eigenvalue weighted by atomic mass is 10.1. The van der Waals surface area contributed by atoms with Crippen LogP contribution in [-0.4, -0.2) is 83.6 Å². The van der Waals surface area contributed by atoms with Crippen molar-refractivity contribution in [1.82, 2.24) is 25.0 Å². The maximum atomic E-state index is 13.8. The number of aliphatic hydroxyl groups excluding tert-OH is 3. The van der Waals surface area contributed by atoms with Gasteiger partial charge in [-0.15, -0.1) is 5.10 Å². The Morgan fingerprint density at radius 3 is 2.89 bits per heavy atom. The summed E-state index contributed by atoms with van der Waals surface area (Å²) in [6, 6.07) is 2.29. The number of benzene rings is 1. The number of aromatic nitrogens is 5. The van der Waals surface area contributed by atoms with E-state index in [1.165, 1.54) is 10.7 Å². The van der Waals surface area contributed by atoms with Crippen molar-refractivity contribution in [3.63, 3.8) is 0 Å². The summed E-state index contributed by atoms with van der Waals surface area (Å²) in [6.07, 6.45) is -6.37. The third-order valence-corrected chi connectivity index (χ3v) is 6.89. The highest BCUT2D eigenvalue weighted by molar-refractivity contribution is 7.99. The molecule has 0 unspecified atom stereocenters. The highest BCUT2D eigenvalue weighted by atomic mass is 32.2. The van der Waals surface area contributed by atoms with Crippen molar-refractivity contribution >= 4 is 28.7 Å². The van der Waals surface area contributed by atoms with Crippen molar-refractivity contribution < 1.29 is 38.4 Å². The summed E-state index contributed by atoms with van der Waals surface area (Å²) >= 11 is 0.136. The lowest BCUT2D eigenvalue weighted by molar-refractivity contribution is -0.0629. The molecule has 2 fully saturated rings. The zero-order chi connectivity index (χ0) is 31.5. The molecule has 2 aliphatic rings. The fourth-order valence-corrected chi connectivity index (χ4v) is 4.88. The van der Waals surface area contributed by atoms with Gasteiger partial charge in [0.2, 0.25) is 0 Å². The van der Waals surface area contributed by atoms with Crippen molar-refractivity contribution in [1.29, 1.82) is 0 Å². The second-order valence-electron chi connectivity index (χ2n) is 8.57. The summed E-state index contributed by atoms with van der Waals surface area (Å²) < 4.78 is 88.8. The van der Waals surface area contributed by atoms with Crippen molar-refractivity contribution in [2.45, 2.75) is 67.5 Å². The number of nitrogens with one attached hydrogen (secondary N) is 1. The van der Waals surface area contributed by atoms with Gasteiger partial charge >= 0.3 is 0 Å². The van der Waals surface area contributed by atoms with Crippen LogP contribution in [0.2, 0.25) is 0 Å². The van der Waals surface area contributed by atoms with E-state index in [-0.39, 0.29) is 65.5 Å². The van der Waals surface area contributed by atoms with E-state index in [9.17, 15) is 19.0 Å². The molecule has 10 nitrogen and oxygen atoms in total. The topological polar surface area (TPSA) is 138 Å². The Kier molecular flexibility index (Phi) is 5.22. The van der Waals surface area contributed by atoms with Gasteiger partial charge in [0.05, 0.1) is 25.4 Å². The van der Waals surface area contributed by atoms with Crippen molar-refractivity contribution in [3.8, 4) is 0 Å². The Bertz CT molecular complexity index is 1500. The SMILES string of the molecule is [2H]C([2H])([2H])C([2H])([2H])C([2H])([2H])Sc1nc(N[C@@H]2C[C@H]2c2ccc(F)c(F)c2)c2nnn([C@@H]3C[C@H](OCCO)[C@@H](O)[C@H]3O)c2n1. The van der Waals surface area contributed by atoms with Crippen LogP contribution in [-0.2, 0) is 4.74 Å². The summed E-state index contributed by atoms with van der Waals surface area (Å²) in [5.74, 6) is -2.20. The molecular formula is C23H28F2N6O4S. The fourth-order valence-electron chi connectivity index (χ4n) is 4.47. The number of fused-ring (bicyclic) bond motifs is 1. The molecule has 4 N–H and O–H groups in total. The molecule has 36 heavy (non-hydrogen) atoms. The summed E-state index contributed by atoms with van der Waals surface area (Å²) in [6.45, 7) is -3.72. The minimum atomic E-state index is -3.32. The van der Waals surface area contributed by atoms with Crippen molar-refractivity contribution in [3.05, 3.63) is 35.4 Å². The molecule has 6 atom stereocenters. The quantitative estimate of drug-likeness (QED) is 0.228. The van der Waals surface area contributed by atoms with Gasteiger partial charge in [-0.3, -0.25) is 0 Å². The van der Waals surface area contributed by atoms with Crippen LogP contribution in [0.5, 0.6) is 0 Å². The molecule has 0 aliphatic heterocycles. The molecule has 1 aromatic carbocycles. The monoisotopic (exact) mass is 529 g/mol. The van der Waals surface area contributed by atoms with E-state index in [4.69, 9.17) is 19.4 Å². The number of hydrogen-bond donors (Lipinski definition) is 4. The standard InChI is InChI=1S/C23H28F2N6O4S/c1-2-7-36-23-27-21(26-15-9-12(15)11-3-4-13(24)14(25)8-11)18-22(28-23)31(30-29-18)16-10-17(35-6-5-32)20(34)19(16)33/h3-4,8,12,15-17,19-20,32-34H,2,5-7,9-10H2,1H3,(H,26,27,28)/t12-,15+,16+,17-,19-,20+/m0/s1/i1D3,2D2,7D2. The predicted octanol–water partition coefficient (Wildman–Crippen LogP) is 2.01. The van der Waals surface area contributed by atoms with E-state index in [2.05, 4.69) is 25.6 Å². The molecule has 0 radical (unpaired) electrons. The molecular weight excluding hydrogens is 494 g/mol. The zero-order valence-electron chi connectivity index (χ0n) is 25.7. The summed E-state index contributed by atoms with van der Waals surface area (Å²) in [5, 5.41) is 41.3. The molecule has 5 rings (SSSR count). The van der Waals surface area contributed by atoms with Crippen LogP contribution in [0.3, 0.4) is 0 Å². The second-order valence-corrected chi connectivity index (χ2v) is 9.35. The number of thioether (sulfide) groups is 1. The van der Waals surface area contributed by atoms with E-state index in [0.717, 1.165) is 12.1 Å². The second kappa shape index (κ2) is 10.5. The van der Waals surface area contributed by atoms with Crippen LogP contribution in [0.1, 0.15) is 53.2 Å². The molecule has 2 saturated carbocycles. The van der Waals surface area contributed by atoms with E-state index in [0.29, 0.717) is 12.0 Å². The number of hydrogen-bond acceptors (Lipinski definition) is 10. The number of nitrogens with zero attached hydrogens (tertiary/aromatic N) is 5. The van der Waals surface area contributed by atoms with Crippen LogP contribution >= 0.6 is 11.8 Å². The van der Waals surface area contributed by atoms with Gasteiger partial charge in [0.1, 0.15) is 12.2 Å². The molecule has 0 spiro atoms. The Morgan fingerprint density at radius 2 is 2.11 bits per heavy atom. The van der Waals surface area contributed by atoms with E-state index < -0.39 is 54.9 Å². The smallest absolute Gasteiger partial charge is 0.191 e. The first kappa shape index (κ1) is 17.9. The zero-order valence-corrected chi connectivity index (χ0v) is 19.5. The maximum Gasteiger partial charge on any atom is 0.191 e. The van der Waals surface area contributed by atoms with Crippen LogP contribution in [0.4, 0.5) is 14.6 Å². The molecule has 0 amide bonds. The minimum Gasteiger partial charge on any atom is -0.394 e. The third-order valence-electron chi connectivity index (χ3n) is 6.32. The molecule has 3 aromatic rings. The van der Waals surface area contributed by atoms with Gasteiger partial charge in [-0.2, -0.15) is 0 Å². The number of halogens is 2. The maximum absolute atomic E-state index is 13.8. The average Bonchev–Trinajstić information content (AvgIpc) is 3.47. The number of ether oxygens (including phenoxy) is 1. The summed E-state index contributed by atoms with van der Waals surface area (Å²) in [5.41, 5.74) is -2.48. The van der Waals surface area contributed by atoms with E-state index in [1.807, 2.05) is 0 Å². The third kappa shape index (κ3) is 4.90. The molecule has 2 aliphatic carbocycles. The largest absolute Gasteiger partial charge is 0.394 e. The van der Waals surface area contributed by atoms with Crippen molar-refractivity contribution in [2.24, 2.45) is 0 Å². The molecule has 194 valence electrons. The van der Waals surface area contributed by atoms with Gasteiger partial charge in [-0.05, 0) is 30.5 Å². The van der Waals surface area contributed by atoms with Crippen LogP contribution in [0.15, 0.2) is 23.4 Å². The van der Waals surface area contributed by atoms with E-state index >= 15 is 0 Å². The predicted molar refractivity (Wildman–Crippen MR) is 128 cm³/mol. The van der Waals surface area contributed by atoms with Gasteiger partial charge in [0, 0.05) is 33.7 Å². The molecule has 2 aromatic heterocycles. The lowest BCUT2D eigenvalue weighted by Crippen LogP contribution is -2.33. The summed E-state index contributed by atoms with van der Waals surface area (Å²) in [7, 11) is 0. The van der Waals surface area contributed by atoms with Crippen molar-refractivity contribution in [2.75, 3.05) is 24.2 Å². The Morgan fingerprint density at radius 1 is 1.25 bits per heavy atom. The number of aliphatic hydroxyl groups is 3. The number of anilines is 1. The minimum absolute atomic E-state index is 0.0280. The van der Waals surface area contributed by atoms with Gasteiger partial charge in [0.15, 0.2) is 33.8 Å². The first-order valence-corrected chi connectivity index (χ1v) is 12.0. The molecule has 0 bridgehead atoms. The Labute approximate surface area is 219 Å². The van der Waals surface area contributed by atoms with Gasteiger partial charge < -0.3 is 25.4 Å². The first-order chi connectivity index (χ1) is 20.1. The highest BCUT2D eigenvalue weighted by Gasteiger charge is 2.45.